The molecular formula is C22H21N3O5. The second-order valence-corrected chi connectivity index (χ2v) is 7.03. The maximum atomic E-state index is 12.8. The van der Waals surface area contributed by atoms with E-state index in [1.807, 2.05) is 0 Å². The summed E-state index contributed by atoms with van der Waals surface area (Å²) in [7, 11) is 0. The Hall–Kier alpha value is -3.81. The number of nitrogens with zero attached hydrogens (tertiary/aromatic N) is 3. The molecule has 3 heterocycles. The monoisotopic (exact) mass is 407 g/mol. The van der Waals surface area contributed by atoms with Crippen molar-refractivity contribution in [1.29, 1.82) is 0 Å². The summed E-state index contributed by atoms with van der Waals surface area (Å²) in [6, 6.07) is 14.6. The highest BCUT2D eigenvalue weighted by atomic mass is 16.4. The zero-order chi connectivity index (χ0) is 21.1. The summed E-state index contributed by atoms with van der Waals surface area (Å²) < 4.78 is 7.15. The number of carbonyl (C=O) groups excluding carboxylic acids is 2. The number of rotatable bonds is 4. The van der Waals surface area contributed by atoms with Crippen LogP contribution in [0.3, 0.4) is 0 Å². The first kappa shape index (κ1) is 19.5. The molecule has 1 N–H and O–H groups in total. The maximum absolute atomic E-state index is 12.8. The van der Waals surface area contributed by atoms with Crippen LogP contribution in [-0.4, -0.2) is 57.5 Å². The number of hydrogen-bond acceptors (Lipinski definition) is 5. The molecule has 1 aliphatic rings. The Kier molecular flexibility index (Phi) is 5.38. The van der Waals surface area contributed by atoms with E-state index in [2.05, 4.69) is 0 Å². The van der Waals surface area contributed by atoms with E-state index in [0.29, 0.717) is 31.9 Å². The topological polar surface area (TPSA) is 96.0 Å². The van der Waals surface area contributed by atoms with Crippen LogP contribution in [0.2, 0.25) is 0 Å². The summed E-state index contributed by atoms with van der Waals surface area (Å²) in [4.78, 5) is 40.4. The zero-order valence-electron chi connectivity index (χ0n) is 16.2. The lowest BCUT2D eigenvalue weighted by Crippen LogP contribution is -2.50. The van der Waals surface area contributed by atoms with Crippen molar-refractivity contribution in [3.05, 3.63) is 88.2 Å². The van der Waals surface area contributed by atoms with E-state index in [4.69, 9.17) is 4.42 Å². The van der Waals surface area contributed by atoms with Crippen LogP contribution in [0.15, 0.2) is 70.0 Å². The van der Waals surface area contributed by atoms with Gasteiger partial charge in [0.15, 0.2) is 5.76 Å². The quantitative estimate of drug-likeness (QED) is 0.711. The van der Waals surface area contributed by atoms with Crippen molar-refractivity contribution in [2.75, 3.05) is 26.2 Å². The van der Waals surface area contributed by atoms with Crippen LogP contribution < -0.4 is 5.56 Å². The summed E-state index contributed by atoms with van der Waals surface area (Å²) in [6.45, 7) is 1.71. The van der Waals surface area contributed by atoms with Gasteiger partial charge in [-0.3, -0.25) is 14.4 Å². The molecule has 1 aliphatic heterocycles. The largest absolute Gasteiger partial charge is 0.507 e. The van der Waals surface area contributed by atoms with Crippen LogP contribution in [0.5, 0.6) is 5.75 Å². The number of amides is 2. The number of pyridine rings is 1. The normalized spacial score (nSPS) is 14.0. The molecule has 8 heteroatoms. The van der Waals surface area contributed by atoms with Gasteiger partial charge in [0.25, 0.3) is 17.4 Å². The summed E-state index contributed by atoms with van der Waals surface area (Å²) in [6.07, 6.45) is 1.66. The third-order valence-electron chi connectivity index (χ3n) is 5.09. The number of phenolic OH excluding ortho intramolecular Hbond substituents is 1. The molecular weight excluding hydrogens is 386 g/mol. The Morgan fingerprint density at radius 1 is 0.867 bits per heavy atom. The lowest BCUT2D eigenvalue weighted by atomic mass is 10.1. The molecule has 154 valence electrons. The highest BCUT2D eigenvalue weighted by Crippen LogP contribution is 2.19. The Bertz CT molecular complexity index is 1130. The minimum atomic E-state index is -0.256. The average molecular weight is 407 g/mol. The number of benzene rings is 1. The Balaban J connectivity index is 1.37. The predicted octanol–water partition coefficient (Wildman–Crippen LogP) is 1.79. The molecule has 0 radical (unpaired) electrons. The Morgan fingerprint density at radius 2 is 1.53 bits per heavy atom. The lowest BCUT2D eigenvalue weighted by Gasteiger charge is -2.34. The number of carbonyl (C=O) groups is 2. The Labute approximate surface area is 172 Å². The number of phenols is 1. The Morgan fingerprint density at radius 3 is 2.23 bits per heavy atom. The van der Waals surface area contributed by atoms with E-state index in [-0.39, 0.29) is 41.0 Å². The van der Waals surface area contributed by atoms with E-state index in [9.17, 15) is 19.5 Å². The number of para-hydroxylation sites is 1. The maximum Gasteiger partial charge on any atom is 0.289 e. The zero-order valence-corrected chi connectivity index (χ0v) is 16.2. The highest BCUT2D eigenvalue weighted by molar-refractivity contribution is 5.97. The predicted molar refractivity (Wildman–Crippen MR) is 108 cm³/mol. The van der Waals surface area contributed by atoms with Gasteiger partial charge in [0.1, 0.15) is 11.5 Å². The number of aromatic hydroxyl groups is 1. The van der Waals surface area contributed by atoms with Crippen molar-refractivity contribution in [2.45, 2.75) is 6.54 Å². The number of piperazine rings is 1. The van der Waals surface area contributed by atoms with E-state index in [1.54, 1.807) is 58.5 Å². The first-order valence-electron chi connectivity index (χ1n) is 9.63. The fourth-order valence-corrected chi connectivity index (χ4v) is 3.43. The van der Waals surface area contributed by atoms with Crippen LogP contribution in [0.4, 0.5) is 0 Å². The molecule has 2 aromatic heterocycles. The minimum absolute atomic E-state index is 0.0540. The van der Waals surface area contributed by atoms with Crippen molar-refractivity contribution >= 4 is 11.8 Å². The van der Waals surface area contributed by atoms with Crippen LogP contribution in [0, 0.1) is 0 Å². The average Bonchev–Trinajstić information content (AvgIpc) is 3.23. The van der Waals surface area contributed by atoms with Crippen molar-refractivity contribution in [3.63, 3.8) is 0 Å². The fraction of sp³-hybridized carbons (Fsp3) is 0.227. The summed E-state index contributed by atoms with van der Waals surface area (Å²) in [5.41, 5.74) is 0.108. The van der Waals surface area contributed by atoms with Crippen molar-refractivity contribution < 1.29 is 19.1 Å². The number of hydrogen-bond donors (Lipinski definition) is 1. The van der Waals surface area contributed by atoms with Gasteiger partial charge in [-0.05, 0) is 30.3 Å². The number of aromatic nitrogens is 1. The van der Waals surface area contributed by atoms with Crippen LogP contribution >= 0.6 is 0 Å². The van der Waals surface area contributed by atoms with Crippen LogP contribution in [-0.2, 0) is 6.54 Å². The van der Waals surface area contributed by atoms with Gasteiger partial charge in [-0.2, -0.15) is 0 Å². The van der Waals surface area contributed by atoms with Gasteiger partial charge in [0.2, 0.25) is 0 Å². The minimum Gasteiger partial charge on any atom is -0.507 e. The fourth-order valence-electron chi connectivity index (χ4n) is 3.43. The van der Waals surface area contributed by atoms with Gasteiger partial charge in [-0.25, -0.2) is 0 Å². The molecule has 0 atom stereocenters. The van der Waals surface area contributed by atoms with E-state index >= 15 is 0 Å². The van der Waals surface area contributed by atoms with E-state index in [1.165, 1.54) is 16.7 Å². The van der Waals surface area contributed by atoms with Crippen molar-refractivity contribution in [2.24, 2.45) is 0 Å². The smallest absolute Gasteiger partial charge is 0.289 e. The first-order valence-corrected chi connectivity index (χ1v) is 9.63. The second-order valence-electron chi connectivity index (χ2n) is 7.03. The molecule has 0 saturated carbocycles. The molecule has 30 heavy (non-hydrogen) atoms. The molecule has 0 aliphatic carbocycles. The van der Waals surface area contributed by atoms with E-state index in [0.717, 1.165) is 0 Å². The van der Waals surface area contributed by atoms with Gasteiger partial charge in [0.05, 0.1) is 12.1 Å². The highest BCUT2D eigenvalue weighted by Gasteiger charge is 2.27. The van der Waals surface area contributed by atoms with Crippen molar-refractivity contribution in [3.8, 4) is 5.75 Å². The number of furan rings is 1. The molecule has 1 aromatic carbocycles. The van der Waals surface area contributed by atoms with Gasteiger partial charge in [0, 0.05) is 38.4 Å². The molecule has 4 rings (SSSR count). The SMILES string of the molecule is O=C(c1ccc(Cn2ccccc2=O)o1)N1CCN(C(=O)c2ccccc2O)CC1. The third-order valence-corrected chi connectivity index (χ3v) is 5.09. The summed E-state index contributed by atoms with van der Waals surface area (Å²) >= 11 is 0. The summed E-state index contributed by atoms with van der Waals surface area (Å²) in [5, 5.41) is 9.88. The molecule has 0 spiro atoms. The van der Waals surface area contributed by atoms with Gasteiger partial charge < -0.3 is 23.9 Å². The summed E-state index contributed by atoms with van der Waals surface area (Å²) in [5.74, 6) is 0.154. The van der Waals surface area contributed by atoms with E-state index < -0.39 is 0 Å². The third kappa shape index (κ3) is 3.98. The molecule has 2 amide bonds. The molecule has 1 fully saturated rings. The molecule has 1 saturated heterocycles. The van der Waals surface area contributed by atoms with Gasteiger partial charge in [-0.15, -0.1) is 0 Å². The molecule has 0 unspecified atom stereocenters. The second kappa shape index (κ2) is 8.28. The molecule has 3 aromatic rings. The standard InChI is InChI=1S/C22H21N3O5/c26-18-6-2-1-5-17(18)21(28)23-11-13-24(14-12-23)22(29)19-9-8-16(30-19)15-25-10-4-3-7-20(25)27/h1-10,26H,11-15H2. The van der Waals surface area contributed by atoms with Gasteiger partial charge >= 0.3 is 0 Å². The van der Waals surface area contributed by atoms with Crippen LogP contribution in [0.1, 0.15) is 26.7 Å². The van der Waals surface area contributed by atoms with Gasteiger partial charge in [-0.1, -0.05) is 18.2 Å². The molecule has 0 bridgehead atoms. The van der Waals surface area contributed by atoms with Crippen molar-refractivity contribution in [1.82, 2.24) is 14.4 Å². The first-order chi connectivity index (χ1) is 14.5. The molecule has 8 nitrogen and oxygen atoms in total. The lowest BCUT2D eigenvalue weighted by molar-refractivity contribution is 0.0515. The van der Waals surface area contributed by atoms with Crippen LogP contribution in [0.25, 0.3) is 0 Å².